The van der Waals surface area contributed by atoms with Gasteiger partial charge in [-0.3, -0.25) is 0 Å². The smallest absolute Gasteiger partial charge is 0.206 e. The van der Waals surface area contributed by atoms with E-state index in [1.165, 1.54) is 0 Å². The molecule has 2 unspecified atom stereocenters. The first-order chi connectivity index (χ1) is 11.6. The molecule has 1 rings (SSSR count). The SMILES string of the molecule is CC(C)(C)C1CC(C(C)(C)C)CN(S(=O)(=O)C(F)(F)C(F)(F)C(C)(F)F)C1. The Balaban J connectivity index is 3.42. The molecule has 2 atom stereocenters. The van der Waals surface area contributed by atoms with E-state index in [1.807, 2.05) is 0 Å². The van der Waals surface area contributed by atoms with Crippen molar-refractivity contribution in [3.05, 3.63) is 0 Å². The summed E-state index contributed by atoms with van der Waals surface area (Å²) in [5.41, 5.74) is -0.964. The summed E-state index contributed by atoms with van der Waals surface area (Å²) in [5, 5.41) is -5.93. The van der Waals surface area contributed by atoms with Crippen LogP contribution in [0.5, 0.6) is 0 Å². The molecule has 1 aliphatic heterocycles. The molecule has 0 N–H and O–H groups in total. The minimum atomic E-state index is -6.04. The lowest BCUT2D eigenvalue weighted by atomic mass is 9.67. The first kappa shape index (κ1) is 24.5. The van der Waals surface area contributed by atoms with Crippen LogP contribution in [0.15, 0.2) is 0 Å². The summed E-state index contributed by atoms with van der Waals surface area (Å²) in [6, 6.07) is 0. The number of hydrogen-bond acceptors (Lipinski definition) is 2. The fourth-order valence-electron chi connectivity index (χ4n) is 3.09. The highest BCUT2D eigenvalue weighted by Crippen LogP contribution is 2.51. The van der Waals surface area contributed by atoms with E-state index in [9.17, 15) is 34.8 Å². The molecule has 3 nitrogen and oxygen atoms in total. The number of piperidine rings is 1. The molecule has 0 spiro atoms. The van der Waals surface area contributed by atoms with Gasteiger partial charge in [0.25, 0.3) is 10.0 Å². The molecule has 10 heteroatoms. The minimum absolute atomic E-state index is 0.280. The summed E-state index contributed by atoms with van der Waals surface area (Å²) in [6.07, 6.45) is 0.519. The maximum atomic E-state index is 14.2. The molecule has 1 fully saturated rings. The normalized spacial score (nSPS) is 24.9. The van der Waals surface area contributed by atoms with Gasteiger partial charge in [-0.15, -0.1) is 0 Å². The van der Waals surface area contributed by atoms with Crippen molar-refractivity contribution in [3.8, 4) is 0 Å². The second kappa shape index (κ2) is 6.78. The molecular formula is C17H29F6NO2S. The van der Waals surface area contributed by atoms with Gasteiger partial charge in [0, 0.05) is 20.0 Å². The Hall–Kier alpha value is -0.510. The van der Waals surface area contributed by atoms with Gasteiger partial charge < -0.3 is 0 Å². The zero-order valence-electron chi connectivity index (χ0n) is 16.7. The van der Waals surface area contributed by atoms with Crippen molar-refractivity contribution in [1.82, 2.24) is 4.31 Å². The molecule has 0 bridgehead atoms. The Bertz CT molecular complexity index is 622. The van der Waals surface area contributed by atoms with E-state index in [0.717, 1.165) is 0 Å². The van der Waals surface area contributed by atoms with E-state index >= 15 is 0 Å². The van der Waals surface area contributed by atoms with Crippen molar-refractivity contribution >= 4 is 10.0 Å². The van der Waals surface area contributed by atoms with Crippen molar-refractivity contribution in [2.45, 2.75) is 72.0 Å². The Labute approximate surface area is 157 Å². The Morgan fingerprint density at radius 1 is 0.741 bits per heavy atom. The summed E-state index contributed by atoms with van der Waals surface area (Å²) in [7, 11) is -6.02. The lowest BCUT2D eigenvalue weighted by Gasteiger charge is -2.47. The molecule has 0 aliphatic carbocycles. The molecular weight excluding hydrogens is 396 g/mol. The first-order valence-electron chi connectivity index (χ1n) is 8.70. The summed E-state index contributed by atoms with van der Waals surface area (Å²) in [4.78, 5) is 0. The van der Waals surface area contributed by atoms with E-state index < -0.39 is 69.8 Å². The third-order valence-electron chi connectivity index (χ3n) is 5.45. The monoisotopic (exact) mass is 425 g/mol. The molecule has 27 heavy (non-hydrogen) atoms. The maximum absolute atomic E-state index is 14.2. The van der Waals surface area contributed by atoms with Gasteiger partial charge in [0.2, 0.25) is 0 Å². The van der Waals surface area contributed by atoms with Gasteiger partial charge in [-0.05, 0) is 29.1 Å². The Kier molecular flexibility index (Phi) is 6.16. The average Bonchev–Trinajstić information content (AvgIpc) is 2.43. The Morgan fingerprint density at radius 3 is 1.33 bits per heavy atom. The molecule has 0 radical (unpaired) electrons. The molecule has 162 valence electrons. The average molecular weight is 425 g/mol. The summed E-state index contributed by atoms with van der Waals surface area (Å²) in [5.74, 6) is -12.0. The third-order valence-corrected chi connectivity index (χ3v) is 7.33. The molecule has 0 aromatic rings. The van der Waals surface area contributed by atoms with Crippen LogP contribution in [0.1, 0.15) is 54.9 Å². The van der Waals surface area contributed by atoms with Crippen LogP contribution in [-0.4, -0.2) is 42.9 Å². The molecule has 0 aromatic carbocycles. The van der Waals surface area contributed by atoms with Crippen LogP contribution in [0.2, 0.25) is 0 Å². The number of halogens is 6. The van der Waals surface area contributed by atoms with Crippen molar-refractivity contribution in [2.24, 2.45) is 22.7 Å². The molecule has 0 saturated carbocycles. The highest BCUT2D eigenvalue weighted by molar-refractivity contribution is 7.90. The van der Waals surface area contributed by atoms with Crippen LogP contribution >= 0.6 is 0 Å². The van der Waals surface area contributed by atoms with Crippen LogP contribution < -0.4 is 0 Å². The Morgan fingerprint density at radius 2 is 1.07 bits per heavy atom. The predicted octanol–water partition coefficient (Wildman–Crippen LogP) is 5.23. The van der Waals surface area contributed by atoms with Crippen molar-refractivity contribution < 1.29 is 34.8 Å². The van der Waals surface area contributed by atoms with Gasteiger partial charge in [-0.2, -0.15) is 30.6 Å². The van der Waals surface area contributed by atoms with Crippen molar-refractivity contribution in [3.63, 3.8) is 0 Å². The lowest BCUT2D eigenvalue weighted by molar-refractivity contribution is -0.272. The molecule has 1 aliphatic rings. The van der Waals surface area contributed by atoms with Gasteiger partial charge in [-0.25, -0.2) is 8.42 Å². The summed E-state index contributed by atoms with van der Waals surface area (Å²) < 4.78 is 107. The van der Waals surface area contributed by atoms with E-state index in [2.05, 4.69) is 0 Å². The van der Waals surface area contributed by atoms with E-state index in [4.69, 9.17) is 0 Å². The van der Waals surface area contributed by atoms with Crippen molar-refractivity contribution in [2.75, 3.05) is 13.1 Å². The van der Waals surface area contributed by atoms with Gasteiger partial charge in [0.1, 0.15) is 0 Å². The largest absolute Gasteiger partial charge is 0.427 e. The highest BCUT2D eigenvalue weighted by Gasteiger charge is 2.76. The number of sulfonamides is 1. The highest BCUT2D eigenvalue weighted by atomic mass is 32.2. The zero-order chi connectivity index (χ0) is 21.9. The van der Waals surface area contributed by atoms with Gasteiger partial charge >= 0.3 is 17.1 Å². The molecule has 0 aromatic heterocycles. The fraction of sp³-hybridized carbons (Fsp3) is 1.00. The molecule has 0 amide bonds. The quantitative estimate of drug-likeness (QED) is 0.579. The standard InChI is InChI=1S/C17H29F6NO2S/c1-13(2,3)11-8-12(14(4,5)6)10-24(9-11)27(25,26)17(22,23)16(20,21)15(7,18)19/h11-12H,8-10H2,1-7H3. The number of rotatable bonds is 4. The predicted molar refractivity (Wildman–Crippen MR) is 91.5 cm³/mol. The van der Waals surface area contributed by atoms with Crippen LogP contribution in [0.25, 0.3) is 0 Å². The molecule has 1 heterocycles. The van der Waals surface area contributed by atoms with Gasteiger partial charge in [0.15, 0.2) is 0 Å². The second-order valence-corrected chi connectivity index (χ2v) is 11.6. The zero-order valence-corrected chi connectivity index (χ0v) is 17.5. The minimum Gasteiger partial charge on any atom is -0.206 e. The van der Waals surface area contributed by atoms with Crippen LogP contribution in [-0.2, 0) is 10.0 Å². The lowest BCUT2D eigenvalue weighted by Crippen LogP contribution is -2.62. The van der Waals surface area contributed by atoms with E-state index in [-0.39, 0.29) is 4.31 Å². The van der Waals surface area contributed by atoms with Gasteiger partial charge in [0.05, 0.1) is 0 Å². The first-order valence-corrected chi connectivity index (χ1v) is 10.1. The van der Waals surface area contributed by atoms with Crippen LogP contribution in [0.4, 0.5) is 26.3 Å². The van der Waals surface area contributed by atoms with E-state index in [0.29, 0.717) is 6.42 Å². The third kappa shape index (κ3) is 4.41. The number of alkyl halides is 6. The van der Waals surface area contributed by atoms with E-state index in [1.54, 1.807) is 41.5 Å². The second-order valence-electron chi connectivity index (χ2n) is 9.66. The topological polar surface area (TPSA) is 37.4 Å². The van der Waals surface area contributed by atoms with Crippen LogP contribution in [0, 0.1) is 22.7 Å². The maximum Gasteiger partial charge on any atom is 0.427 e. The fourth-order valence-corrected chi connectivity index (χ4v) is 4.67. The van der Waals surface area contributed by atoms with Crippen LogP contribution in [0.3, 0.4) is 0 Å². The number of hydrogen-bond donors (Lipinski definition) is 0. The molecule has 1 saturated heterocycles. The van der Waals surface area contributed by atoms with Crippen molar-refractivity contribution in [1.29, 1.82) is 0 Å². The van der Waals surface area contributed by atoms with Gasteiger partial charge in [-0.1, -0.05) is 41.5 Å². The number of nitrogens with zero attached hydrogens (tertiary/aromatic N) is 1. The summed E-state index contributed by atoms with van der Waals surface area (Å²) >= 11 is 0. The summed E-state index contributed by atoms with van der Waals surface area (Å²) in [6.45, 7) is 9.50.